The molecule has 2 aromatic heterocycles. The smallest absolute Gasteiger partial charge is 0.272 e. The van der Waals surface area contributed by atoms with Gasteiger partial charge >= 0.3 is 0 Å². The molecule has 3 N–H and O–H groups in total. The van der Waals surface area contributed by atoms with Crippen LogP contribution in [0.25, 0.3) is 10.6 Å². The molecule has 38 heavy (non-hydrogen) atoms. The maximum atomic E-state index is 12.8. The Balaban J connectivity index is 1.71. The predicted octanol–water partition coefficient (Wildman–Crippen LogP) is 1.25. The Kier molecular flexibility index (Phi) is 7.77. The van der Waals surface area contributed by atoms with Gasteiger partial charge in [0.25, 0.3) is 11.8 Å². The second-order valence-corrected chi connectivity index (χ2v) is 9.75. The topological polar surface area (TPSA) is 138 Å². The molecule has 1 fully saturated rings. The summed E-state index contributed by atoms with van der Waals surface area (Å²) in [6.07, 6.45) is 1.61. The van der Waals surface area contributed by atoms with Crippen LogP contribution in [0, 0.1) is 5.92 Å². The average molecular weight is 525 g/mol. The van der Waals surface area contributed by atoms with Crippen molar-refractivity contribution in [2.24, 2.45) is 5.92 Å². The van der Waals surface area contributed by atoms with E-state index in [0.717, 1.165) is 12.8 Å². The quantitative estimate of drug-likeness (QED) is 0.355. The van der Waals surface area contributed by atoms with Gasteiger partial charge in [0, 0.05) is 31.5 Å². The molecule has 0 spiro atoms. The van der Waals surface area contributed by atoms with Crippen molar-refractivity contribution in [1.82, 2.24) is 25.4 Å². The average Bonchev–Trinajstić information content (AvgIpc) is 3.59. The first kappa shape index (κ1) is 27.2. The van der Waals surface area contributed by atoms with Crippen molar-refractivity contribution in [2.45, 2.75) is 18.1 Å². The molecule has 0 saturated heterocycles. The Morgan fingerprint density at radius 3 is 2.50 bits per heavy atom. The van der Waals surface area contributed by atoms with Gasteiger partial charge in [0.05, 0.1) is 47.6 Å². The van der Waals surface area contributed by atoms with E-state index in [1.165, 1.54) is 29.4 Å². The summed E-state index contributed by atoms with van der Waals surface area (Å²) in [5, 5.41) is 16.2. The van der Waals surface area contributed by atoms with E-state index in [1.54, 1.807) is 37.7 Å². The highest BCUT2D eigenvalue weighted by atomic mass is 32.1. The molecule has 0 unspecified atom stereocenters. The number of benzene rings is 1. The third-order valence-electron chi connectivity index (χ3n) is 5.39. The molecular formula is C23H22B3N7O4S. The molecule has 1 saturated carbocycles. The molecule has 188 valence electrons. The lowest BCUT2D eigenvalue weighted by atomic mass is 9.49. The van der Waals surface area contributed by atoms with E-state index in [0.29, 0.717) is 27.7 Å². The van der Waals surface area contributed by atoms with Gasteiger partial charge < -0.3 is 25.6 Å². The normalized spacial score (nSPS) is 12.9. The second-order valence-electron chi connectivity index (χ2n) is 8.89. The van der Waals surface area contributed by atoms with Crippen LogP contribution in [-0.2, 0) is 4.79 Å². The van der Waals surface area contributed by atoms with Crippen molar-refractivity contribution >= 4 is 69.8 Å². The number of para-hydroxylation sites is 1. The van der Waals surface area contributed by atoms with Crippen LogP contribution in [0.4, 0.5) is 17.2 Å². The number of hydrogen-bond donors (Lipinski definition) is 3. The Bertz CT molecular complexity index is 1390. The summed E-state index contributed by atoms with van der Waals surface area (Å²) in [6, 6.07) is 6.71. The van der Waals surface area contributed by atoms with Gasteiger partial charge in [0.1, 0.15) is 10.7 Å². The number of aromatic nitrogens is 3. The van der Waals surface area contributed by atoms with Crippen LogP contribution < -0.4 is 20.7 Å². The summed E-state index contributed by atoms with van der Waals surface area (Å²) in [4.78, 5) is 43.3. The third-order valence-corrected chi connectivity index (χ3v) is 6.26. The number of nitrogens with one attached hydrogen (secondary N) is 3. The molecule has 3 aromatic rings. The van der Waals surface area contributed by atoms with E-state index in [2.05, 4.69) is 31.1 Å². The molecular weight excluding hydrogens is 503 g/mol. The van der Waals surface area contributed by atoms with E-state index in [4.69, 9.17) is 28.3 Å². The van der Waals surface area contributed by atoms with E-state index in [-0.39, 0.29) is 34.9 Å². The first-order chi connectivity index (χ1) is 18.0. The summed E-state index contributed by atoms with van der Waals surface area (Å²) in [6.45, 7) is 0. The van der Waals surface area contributed by atoms with Gasteiger partial charge in [0.2, 0.25) is 5.91 Å². The van der Waals surface area contributed by atoms with Crippen LogP contribution >= 0.6 is 11.3 Å². The maximum Gasteiger partial charge on any atom is 0.272 e. The number of thiazole rings is 1. The highest BCUT2D eigenvalue weighted by molar-refractivity contribution is 7.13. The Morgan fingerprint density at radius 1 is 1.13 bits per heavy atom. The number of hydrogen-bond acceptors (Lipinski definition) is 9. The standard InChI is InChI=1S/C23H22B3N7O4S/c1-33(2)22(36)15-10-38-21(28-15)12-5-4-6-13(18(12)37-3)27-14-9-16(29-19(34)11-7-8-11)31-32-17(14)20(35)30-23(24,25)26/h4-6,9-11H,7-8H2,1-3H3,(H,30,35)(H2,27,29,31,34). The predicted molar refractivity (Wildman–Crippen MR) is 146 cm³/mol. The molecule has 3 amide bonds. The van der Waals surface area contributed by atoms with Crippen molar-refractivity contribution in [3.05, 3.63) is 41.0 Å². The summed E-state index contributed by atoms with van der Waals surface area (Å²) >= 11 is 1.28. The summed E-state index contributed by atoms with van der Waals surface area (Å²) in [7, 11) is 21.4. The van der Waals surface area contributed by atoms with Crippen LogP contribution in [0.15, 0.2) is 29.6 Å². The van der Waals surface area contributed by atoms with Crippen LogP contribution in [0.5, 0.6) is 5.75 Å². The van der Waals surface area contributed by atoms with Crippen LogP contribution in [0.2, 0.25) is 0 Å². The zero-order chi connectivity index (χ0) is 27.6. The summed E-state index contributed by atoms with van der Waals surface area (Å²) in [5.41, 5.74) is 1.35. The number of nitrogens with zero attached hydrogens (tertiary/aromatic N) is 4. The Labute approximate surface area is 227 Å². The van der Waals surface area contributed by atoms with E-state index in [9.17, 15) is 14.4 Å². The van der Waals surface area contributed by atoms with Gasteiger partial charge in [-0.25, -0.2) is 4.98 Å². The van der Waals surface area contributed by atoms with Crippen LogP contribution in [-0.4, -0.2) is 87.8 Å². The third kappa shape index (κ3) is 6.33. The zero-order valence-corrected chi connectivity index (χ0v) is 21.8. The van der Waals surface area contributed by atoms with Crippen molar-refractivity contribution in [3.63, 3.8) is 0 Å². The number of anilines is 3. The maximum absolute atomic E-state index is 12.8. The number of carbonyl (C=O) groups is 3. The Hall–Kier alpha value is -3.87. The molecule has 0 aliphatic heterocycles. The SMILES string of the molecule is [B]C([B])([B])NC(=O)c1nnc(NC(=O)C2CC2)cc1Nc1cccc(-c2nc(C(=O)N(C)C)cs2)c1OC. The first-order valence-electron chi connectivity index (χ1n) is 11.5. The molecule has 11 nitrogen and oxygen atoms in total. The molecule has 0 bridgehead atoms. The molecule has 0 atom stereocenters. The lowest BCUT2D eigenvalue weighted by molar-refractivity contribution is -0.117. The van der Waals surface area contributed by atoms with Gasteiger partial charge in [0.15, 0.2) is 17.3 Å². The summed E-state index contributed by atoms with van der Waals surface area (Å²) < 4.78 is 5.68. The number of methoxy groups -OCH3 is 1. The van der Waals surface area contributed by atoms with Gasteiger partial charge in [-0.05, 0) is 25.0 Å². The fourth-order valence-corrected chi connectivity index (χ4v) is 4.25. The van der Waals surface area contributed by atoms with Gasteiger partial charge in [-0.2, -0.15) is 0 Å². The minimum Gasteiger partial charge on any atom is -0.494 e. The molecule has 6 radical (unpaired) electrons. The minimum atomic E-state index is -2.00. The number of rotatable bonds is 9. The minimum absolute atomic E-state index is 0.0668. The van der Waals surface area contributed by atoms with Gasteiger partial charge in [-0.1, -0.05) is 11.3 Å². The van der Waals surface area contributed by atoms with Crippen molar-refractivity contribution in [3.8, 4) is 16.3 Å². The summed E-state index contributed by atoms with van der Waals surface area (Å²) in [5.74, 6) is -0.738. The highest BCUT2D eigenvalue weighted by Crippen LogP contribution is 2.39. The molecule has 15 heteroatoms. The van der Waals surface area contributed by atoms with E-state index >= 15 is 0 Å². The van der Waals surface area contributed by atoms with Crippen molar-refractivity contribution < 1.29 is 19.1 Å². The van der Waals surface area contributed by atoms with Crippen molar-refractivity contribution in [2.75, 3.05) is 31.8 Å². The van der Waals surface area contributed by atoms with Gasteiger partial charge in [-0.3, -0.25) is 14.4 Å². The van der Waals surface area contributed by atoms with Crippen molar-refractivity contribution in [1.29, 1.82) is 0 Å². The molecule has 2 heterocycles. The lowest BCUT2D eigenvalue weighted by Crippen LogP contribution is -2.50. The highest BCUT2D eigenvalue weighted by Gasteiger charge is 2.30. The molecule has 1 aliphatic rings. The van der Waals surface area contributed by atoms with Crippen LogP contribution in [0.3, 0.4) is 0 Å². The lowest BCUT2D eigenvalue weighted by Gasteiger charge is -2.23. The Morgan fingerprint density at radius 2 is 1.87 bits per heavy atom. The molecule has 1 aromatic carbocycles. The first-order valence-corrected chi connectivity index (χ1v) is 12.3. The molecule has 1 aliphatic carbocycles. The largest absolute Gasteiger partial charge is 0.494 e. The number of ether oxygens (including phenoxy) is 1. The number of carbonyl (C=O) groups excluding carboxylic acids is 3. The molecule has 4 rings (SSSR count). The van der Waals surface area contributed by atoms with Gasteiger partial charge in [-0.15, -0.1) is 21.5 Å². The fraction of sp³-hybridized carbons (Fsp3) is 0.304. The second kappa shape index (κ2) is 10.9. The monoisotopic (exact) mass is 525 g/mol. The fourth-order valence-electron chi connectivity index (χ4n) is 3.44. The van der Waals surface area contributed by atoms with Crippen LogP contribution in [0.1, 0.15) is 33.8 Å². The van der Waals surface area contributed by atoms with E-state index in [1.807, 2.05) is 0 Å². The number of amides is 3. The zero-order valence-electron chi connectivity index (χ0n) is 20.9. The van der Waals surface area contributed by atoms with E-state index < -0.39 is 11.1 Å².